The van der Waals surface area contributed by atoms with Crippen molar-refractivity contribution in [3.63, 3.8) is 0 Å². The molecule has 24 heavy (non-hydrogen) atoms. The highest BCUT2D eigenvalue weighted by Crippen LogP contribution is 2.29. The Morgan fingerprint density at radius 3 is 2.54 bits per heavy atom. The van der Waals surface area contributed by atoms with E-state index >= 15 is 0 Å². The second-order valence-corrected chi connectivity index (χ2v) is 5.05. The number of benzene rings is 2. The summed E-state index contributed by atoms with van der Waals surface area (Å²) in [6, 6.07) is 9.38. The molecule has 0 spiro atoms. The van der Waals surface area contributed by atoms with Gasteiger partial charge in [-0.1, -0.05) is 30.3 Å². The quantitative estimate of drug-likeness (QED) is 0.744. The van der Waals surface area contributed by atoms with Gasteiger partial charge < -0.3 is 19.8 Å². The predicted octanol–water partition coefficient (Wildman–Crippen LogP) is 1.69. The molecule has 0 aliphatic rings. The largest absolute Gasteiger partial charge is 0.493 e. The summed E-state index contributed by atoms with van der Waals surface area (Å²) in [7, 11) is 1.28. The van der Waals surface area contributed by atoms with Crippen LogP contribution in [0.1, 0.15) is 17.3 Å². The molecule has 1 atom stereocenters. The maximum absolute atomic E-state index is 12.6. The predicted molar refractivity (Wildman–Crippen MR) is 86.8 cm³/mol. The highest BCUT2D eigenvalue weighted by atomic mass is 16.7. The van der Waals surface area contributed by atoms with E-state index in [0.29, 0.717) is 17.7 Å². The minimum atomic E-state index is -1.35. The first kappa shape index (κ1) is 17.7. The summed E-state index contributed by atoms with van der Waals surface area (Å²) in [5.41, 5.74) is 0.212. The van der Waals surface area contributed by atoms with E-state index in [1.807, 2.05) is 18.2 Å². The lowest BCUT2D eigenvalue weighted by Crippen LogP contribution is -2.42. The number of hydrogen-bond donors (Lipinski definition) is 2. The molecule has 0 bridgehead atoms. The van der Waals surface area contributed by atoms with Crippen LogP contribution in [0.15, 0.2) is 36.4 Å². The summed E-state index contributed by atoms with van der Waals surface area (Å²) in [5.74, 6) is -1.70. The van der Waals surface area contributed by atoms with Gasteiger partial charge in [-0.05, 0) is 18.4 Å². The molecule has 0 saturated carbocycles. The van der Waals surface area contributed by atoms with Gasteiger partial charge in [-0.2, -0.15) is 0 Å². The van der Waals surface area contributed by atoms with Gasteiger partial charge in [0.1, 0.15) is 11.3 Å². The van der Waals surface area contributed by atoms with Gasteiger partial charge in [0.05, 0.1) is 13.2 Å². The number of carboxylic acid groups (broad SMARTS) is 1. The number of likely N-dealkylation sites (N-methyl/N-ethyl adjacent to an activating group) is 1. The topological polar surface area (TPSA) is 96.3 Å². The molecule has 0 amide bonds. The van der Waals surface area contributed by atoms with Crippen LogP contribution in [0.5, 0.6) is 5.75 Å². The number of nitrogens with zero attached hydrogens (tertiary/aromatic N) is 1. The Balaban J connectivity index is 2.40. The van der Waals surface area contributed by atoms with Gasteiger partial charge in [-0.15, -0.1) is 5.06 Å². The Kier molecular flexibility index (Phi) is 5.73. The standard InChI is InChI=1S/C17H19NO6/c1-3-23-14-9-8-11-6-4-5-7-12(11)15(14)17(22)24-18(2)13(10-19)16(20)21/h4-9,13,19H,3,10H2,1-2H3,(H,20,21)/t13-/m0/s1. The maximum Gasteiger partial charge on any atom is 0.361 e. The zero-order chi connectivity index (χ0) is 17.7. The summed E-state index contributed by atoms with van der Waals surface area (Å²) >= 11 is 0. The smallest absolute Gasteiger partial charge is 0.361 e. The minimum absolute atomic E-state index is 0.212. The first-order valence-electron chi connectivity index (χ1n) is 7.43. The Bertz CT molecular complexity index is 745. The van der Waals surface area contributed by atoms with Crippen molar-refractivity contribution in [2.75, 3.05) is 20.3 Å². The van der Waals surface area contributed by atoms with Crippen LogP contribution in [0.25, 0.3) is 10.8 Å². The van der Waals surface area contributed by atoms with Crippen LogP contribution in [-0.4, -0.2) is 53.5 Å². The van der Waals surface area contributed by atoms with E-state index < -0.39 is 24.6 Å². The van der Waals surface area contributed by atoms with Crippen LogP contribution in [0.2, 0.25) is 0 Å². The van der Waals surface area contributed by atoms with Crippen LogP contribution in [0.3, 0.4) is 0 Å². The lowest BCUT2D eigenvalue weighted by Gasteiger charge is -2.22. The average molecular weight is 333 g/mol. The van der Waals surface area contributed by atoms with Crippen molar-refractivity contribution in [2.24, 2.45) is 0 Å². The van der Waals surface area contributed by atoms with Crippen molar-refractivity contribution in [3.05, 3.63) is 42.0 Å². The molecule has 0 aliphatic carbocycles. The average Bonchev–Trinajstić information content (AvgIpc) is 2.54. The van der Waals surface area contributed by atoms with Crippen LogP contribution >= 0.6 is 0 Å². The number of ether oxygens (including phenoxy) is 1. The zero-order valence-electron chi connectivity index (χ0n) is 13.4. The molecule has 2 N–H and O–H groups in total. The van der Waals surface area contributed by atoms with Gasteiger partial charge in [-0.3, -0.25) is 4.79 Å². The third kappa shape index (κ3) is 3.64. The lowest BCUT2D eigenvalue weighted by molar-refractivity contribution is -0.168. The summed E-state index contributed by atoms with van der Waals surface area (Å²) in [6.45, 7) is 1.47. The molecule has 7 nitrogen and oxygen atoms in total. The van der Waals surface area contributed by atoms with Crippen LogP contribution in [0.4, 0.5) is 0 Å². The molecule has 0 unspecified atom stereocenters. The number of fused-ring (bicyclic) bond motifs is 1. The normalized spacial score (nSPS) is 12.2. The van der Waals surface area contributed by atoms with Gasteiger partial charge in [0, 0.05) is 12.4 Å². The number of hydrogen-bond acceptors (Lipinski definition) is 6. The lowest BCUT2D eigenvalue weighted by atomic mass is 10.0. The van der Waals surface area contributed by atoms with Gasteiger partial charge in [0.15, 0.2) is 6.04 Å². The van der Waals surface area contributed by atoms with E-state index in [9.17, 15) is 9.59 Å². The molecule has 2 rings (SSSR count). The van der Waals surface area contributed by atoms with Gasteiger partial charge in [0.2, 0.25) is 0 Å². The molecular weight excluding hydrogens is 314 g/mol. The molecule has 2 aromatic rings. The molecule has 0 fully saturated rings. The van der Waals surface area contributed by atoms with Crippen molar-refractivity contribution < 1.29 is 29.4 Å². The van der Waals surface area contributed by atoms with Crippen LogP contribution in [0, 0.1) is 0 Å². The van der Waals surface area contributed by atoms with Crippen molar-refractivity contribution in [2.45, 2.75) is 13.0 Å². The summed E-state index contributed by atoms with van der Waals surface area (Å²) < 4.78 is 5.50. The summed E-state index contributed by atoms with van der Waals surface area (Å²) in [5, 5.41) is 20.4. The van der Waals surface area contributed by atoms with E-state index in [0.717, 1.165) is 10.4 Å². The zero-order valence-corrected chi connectivity index (χ0v) is 13.4. The molecule has 2 aromatic carbocycles. The Morgan fingerprint density at radius 1 is 1.21 bits per heavy atom. The number of carbonyl (C=O) groups is 2. The van der Waals surface area contributed by atoms with Gasteiger partial charge >= 0.3 is 11.9 Å². The van der Waals surface area contributed by atoms with Crippen molar-refractivity contribution in [1.82, 2.24) is 5.06 Å². The molecule has 0 aromatic heterocycles. The molecule has 0 aliphatic heterocycles. The highest BCUT2D eigenvalue weighted by molar-refractivity contribution is 6.07. The fourth-order valence-corrected chi connectivity index (χ4v) is 2.33. The second kappa shape index (κ2) is 7.76. The summed E-state index contributed by atoms with van der Waals surface area (Å²) in [6.07, 6.45) is 0. The number of carboxylic acids is 1. The first-order chi connectivity index (χ1) is 11.5. The van der Waals surface area contributed by atoms with Crippen LogP contribution < -0.4 is 4.74 Å². The number of carbonyl (C=O) groups excluding carboxylic acids is 1. The second-order valence-electron chi connectivity index (χ2n) is 5.05. The monoisotopic (exact) mass is 333 g/mol. The SMILES string of the molecule is CCOc1ccc2ccccc2c1C(=O)ON(C)[C@@H](CO)C(=O)O. The van der Waals surface area contributed by atoms with E-state index in [4.69, 9.17) is 19.8 Å². The molecule has 7 heteroatoms. The van der Waals surface area contributed by atoms with E-state index in [-0.39, 0.29) is 5.56 Å². The minimum Gasteiger partial charge on any atom is -0.493 e. The number of hydroxylamine groups is 2. The fourth-order valence-electron chi connectivity index (χ4n) is 2.33. The Morgan fingerprint density at radius 2 is 1.92 bits per heavy atom. The van der Waals surface area contributed by atoms with E-state index in [1.165, 1.54) is 7.05 Å². The van der Waals surface area contributed by atoms with Crippen molar-refractivity contribution in [3.8, 4) is 5.75 Å². The third-order valence-electron chi connectivity index (χ3n) is 3.52. The fraction of sp³-hybridized carbons (Fsp3) is 0.294. The van der Waals surface area contributed by atoms with Crippen molar-refractivity contribution >= 4 is 22.7 Å². The van der Waals surface area contributed by atoms with Crippen molar-refractivity contribution in [1.29, 1.82) is 0 Å². The number of aliphatic hydroxyl groups is 1. The highest BCUT2D eigenvalue weighted by Gasteiger charge is 2.27. The van der Waals surface area contributed by atoms with E-state index in [1.54, 1.807) is 25.1 Å². The molecular formula is C17H19NO6. The maximum atomic E-state index is 12.6. The first-order valence-corrected chi connectivity index (χ1v) is 7.43. The summed E-state index contributed by atoms with van der Waals surface area (Å²) in [4.78, 5) is 28.8. The number of aliphatic hydroxyl groups excluding tert-OH is 1. The number of rotatable bonds is 7. The van der Waals surface area contributed by atoms with Crippen LogP contribution in [-0.2, 0) is 9.63 Å². The Hall–Kier alpha value is -2.64. The number of aliphatic carboxylic acids is 1. The molecule has 0 saturated heterocycles. The van der Waals surface area contributed by atoms with E-state index in [2.05, 4.69) is 0 Å². The molecule has 0 heterocycles. The van der Waals surface area contributed by atoms with Gasteiger partial charge in [0.25, 0.3) is 0 Å². The Labute approximate surface area is 139 Å². The molecule has 128 valence electrons. The third-order valence-corrected chi connectivity index (χ3v) is 3.52. The molecule has 0 radical (unpaired) electrons. The van der Waals surface area contributed by atoms with Gasteiger partial charge in [-0.25, -0.2) is 4.79 Å².